The highest BCUT2D eigenvalue weighted by Gasteiger charge is 2.17. The molecule has 1 N–H and O–H groups in total. The van der Waals surface area contributed by atoms with E-state index in [0.29, 0.717) is 0 Å². The van der Waals surface area contributed by atoms with Crippen molar-refractivity contribution in [1.29, 1.82) is 0 Å². The monoisotopic (exact) mass is 443 g/mol. The SMILES string of the molecule is Cc1ccc(Nc2ncnc3sc(C)c(-c4ccc(Cl)cc4)c23)cc1Br. The molecule has 0 atom stereocenters. The molecular formula is C20H15BrClN3S. The molecule has 6 heteroatoms. The highest BCUT2D eigenvalue weighted by atomic mass is 79.9. The number of halogens is 2. The van der Waals surface area contributed by atoms with Crippen molar-refractivity contribution in [2.45, 2.75) is 13.8 Å². The van der Waals surface area contributed by atoms with Gasteiger partial charge in [-0.05, 0) is 49.2 Å². The second-order valence-electron chi connectivity index (χ2n) is 6.03. The summed E-state index contributed by atoms with van der Waals surface area (Å²) < 4.78 is 1.06. The molecule has 2 aromatic heterocycles. The van der Waals surface area contributed by atoms with Crippen molar-refractivity contribution in [3.05, 3.63) is 68.7 Å². The fraction of sp³-hybridized carbons (Fsp3) is 0.100. The van der Waals surface area contributed by atoms with Crippen LogP contribution >= 0.6 is 38.9 Å². The Labute approximate surface area is 169 Å². The average molecular weight is 445 g/mol. The van der Waals surface area contributed by atoms with Crippen LogP contribution in [-0.2, 0) is 0 Å². The summed E-state index contributed by atoms with van der Waals surface area (Å²) in [4.78, 5) is 11.2. The molecule has 0 amide bonds. The third-order valence-corrected chi connectivity index (χ3v) is 6.35. The smallest absolute Gasteiger partial charge is 0.143 e. The Bertz CT molecular complexity index is 1110. The summed E-state index contributed by atoms with van der Waals surface area (Å²) in [5.74, 6) is 0.806. The molecule has 0 aliphatic rings. The summed E-state index contributed by atoms with van der Waals surface area (Å²) >= 11 is 11.3. The molecule has 26 heavy (non-hydrogen) atoms. The van der Waals surface area contributed by atoms with E-state index in [9.17, 15) is 0 Å². The van der Waals surface area contributed by atoms with Crippen LogP contribution in [0.2, 0.25) is 5.02 Å². The van der Waals surface area contributed by atoms with Crippen LogP contribution < -0.4 is 5.32 Å². The molecule has 0 aliphatic heterocycles. The first-order chi connectivity index (χ1) is 12.5. The molecule has 130 valence electrons. The maximum Gasteiger partial charge on any atom is 0.143 e. The van der Waals surface area contributed by atoms with E-state index in [2.05, 4.69) is 63.3 Å². The Morgan fingerprint density at radius 2 is 1.81 bits per heavy atom. The Kier molecular flexibility index (Phi) is 4.69. The largest absolute Gasteiger partial charge is 0.340 e. The molecule has 0 unspecified atom stereocenters. The van der Waals surface area contributed by atoms with E-state index in [1.807, 2.05) is 24.3 Å². The minimum absolute atomic E-state index is 0.727. The maximum absolute atomic E-state index is 6.06. The van der Waals surface area contributed by atoms with Gasteiger partial charge in [-0.1, -0.05) is 45.7 Å². The summed E-state index contributed by atoms with van der Waals surface area (Å²) in [5.41, 5.74) is 4.43. The number of rotatable bonds is 3. The van der Waals surface area contributed by atoms with Gasteiger partial charge in [-0.2, -0.15) is 0 Å². The molecule has 0 aliphatic carbocycles. The zero-order chi connectivity index (χ0) is 18.3. The van der Waals surface area contributed by atoms with E-state index >= 15 is 0 Å². The first-order valence-corrected chi connectivity index (χ1v) is 10.0. The minimum atomic E-state index is 0.727. The van der Waals surface area contributed by atoms with E-state index in [4.69, 9.17) is 11.6 Å². The third-order valence-electron chi connectivity index (χ3n) is 4.23. The summed E-state index contributed by atoms with van der Waals surface area (Å²) in [7, 11) is 0. The second kappa shape index (κ2) is 6.99. The van der Waals surface area contributed by atoms with Gasteiger partial charge in [-0.25, -0.2) is 9.97 Å². The molecule has 3 nitrogen and oxygen atoms in total. The number of aromatic nitrogens is 2. The van der Waals surface area contributed by atoms with Gasteiger partial charge in [-0.15, -0.1) is 11.3 Å². The van der Waals surface area contributed by atoms with Crippen molar-refractivity contribution < 1.29 is 0 Å². The maximum atomic E-state index is 6.06. The van der Waals surface area contributed by atoms with Crippen molar-refractivity contribution in [2.24, 2.45) is 0 Å². The fourth-order valence-electron chi connectivity index (χ4n) is 2.91. The number of hydrogen-bond acceptors (Lipinski definition) is 4. The van der Waals surface area contributed by atoms with Gasteiger partial charge in [-0.3, -0.25) is 0 Å². The van der Waals surface area contributed by atoms with E-state index in [1.54, 1.807) is 17.7 Å². The van der Waals surface area contributed by atoms with Crippen molar-refractivity contribution in [1.82, 2.24) is 9.97 Å². The van der Waals surface area contributed by atoms with Crippen LogP contribution in [-0.4, -0.2) is 9.97 Å². The van der Waals surface area contributed by atoms with E-state index in [-0.39, 0.29) is 0 Å². The van der Waals surface area contributed by atoms with Gasteiger partial charge in [0.25, 0.3) is 0 Å². The highest BCUT2D eigenvalue weighted by molar-refractivity contribution is 9.10. The minimum Gasteiger partial charge on any atom is -0.340 e. The van der Waals surface area contributed by atoms with Gasteiger partial charge in [0, 0.05) is 25.6 Å². The molecule has 0 saturated heterocycles. The highest BCUT2D eigenvalue weighted by Crippen LogP contribution is 2.41. The molecular weight excluding hydrogens is 430 g/mol. The Balaban J connectivity index is 1.87. The second-order valence-corrected chi connectivity index (χ2v) is 8.53. The molecule has 0 saturated carbocycles. The fourth-order valence-corrected chi connectivity index (χ4v) is 4.43. The number of nitrogens with zero attached hydrogens (tertiary/aromatic N) is 2. The van der Waals surface area contributed by atoms with Crippen molar-refractivity contribution in [3.8, 4) is 11.1 Å². The van der Waals surface area contributed by atoms with Gasteiger partial charge in [0.1, 0.15) is 17.0 Å². The van der Waals surface area contributed by atoms with Crippen LogP contribution in [0.25, 0.3) is 21.3 Å². The molecule has 0 radical (unpaired) electrons. The van der Waals surface area contributed by atoms with Crippen LogP contribution in [0.15, 0.2) is 53.3 Å². The van der Waals surface area contributed by atoms with Crippen LogP contribution in [0.4, 0.5) is 11.5 Å². The van der Waals surface area contributed by atoms with Gasteiger partial charge in [0.2, 0.25) is 0 Å². The number of hydrogen-bond donors (Lipinski definition) is 1. The molecule has 4 aromatic rings. The Morgan fingerprint density at radius 1 is 1.04 bits per heavy atom. The van der Waals surface area contributed by atoms with Crippen LogP contribution in [0.5, 0.6) is 0 Å². The molecule has 2 heterocycles. The van der Waals surface area contributed by atoms with Crippen LogP contribution in [0.3, 0.4) is 0 Å². The number of aryl methyl sites for hydroxylation is 2. The molecule has 0 fully saturated rings. The lowest BCUT2D eigenvalue weighted by molar-refractivity contribution is 1.23. The Hall–Kier alpha value is -1.95. The van der Waals surface area contributed by atoms with E-state index in [1.165, 1.54) is 10.4 Å². The quantitative estimate of drug-likeness (QED) is 0.365. The molecule has 2 aromatic carbocycles. The predicted octanol–water partition coefficient (Wildman–Crippen LogP) is 7.13. The summed E-state index contributed by atoms with van der Waals surface area (Å²) in [6.07, 6.45) is 1.61. The number of nitrogens with one attached hydrogen (secondary N) is 1. The zero-order valence-electron chi connectivity index (χ0n) is 14.2. The lowest BCUT2D eigenvalue weighted by atomic mass is 10.0. The normalized spacial score (nSPS) is 11.1. The van der Waals surface area contributed by atoms with E-state index in [0.717, 1.165) is 42.3 Å². The van der Waals surface area contributed by atoms with Crippen molar-refractivity contribution in [3.63, 3.8) is 0 Å². The Morgan fingerprint density at radius 3 is 2.54 bits per heavy atom. The van der Waals surface area contributed by atoms with Crippen LogP contribution in [0.1, 0.15) is 10.4 Å². The molecule has 0 bridgehead atoms. The number of thiophene rings is 1. The average Bonchev–Trinajstić information content (AvgIpc) is 2.96. The zero-order valence-corrected chi connectivity index (χ0v) is 17.3. The first-order valence-electron chi connectivity index (χ1n) is 8.06. The summed E-state index contributed by atoms with van der Waals surface area (Å²) in [5, 5.41) is 5.21. The topological polar surface area (TPSA) is 37.8 Å². The van der Waals surface area contributed by atoms with Crippen molar-refractivity contribution >= 4 is 60.6 Å². The number of fused-ring (bicyclic) bond motifs is 1. The van der Waals surface area contributed by atoms with Gasteiger partial charge < -0.3 is 5.32 Å². The first kappa shape index (κ1) is 17.5. The summed E-state index contributed by atoms with van der Waals surface area (Å²) in [6, 6.07) is 14.1. The van der Waals surface area contributed by atoms with E-state index < -0.39 is 0 Å². The predicted molar refractivity (Wildman–Crippen MR) is 115 cm³/mol. The van der Waals surface area contributed by atoms with Crippen molar-refractivity contribution in [2.75, 3.05) is 5.32 Å². The van der Waals surface area contributed by atoms with Gasteiger partial charge >= 0.3 is 0 Å². The van der Waals surface area contributed by atoms with Crippen LogP contribution in [0, 0.1) is 13.8 Å². The van der Waals surface area contributed by atoms with Gasteiger partial charge in [0.15, 0.2) is 0 Å². The number of benzene rings is 2. The molecule has 4 rings (SSSR count). The summed E-state index contributed by atoms with van der Waals surface area (Å²) in [6.45, 7) is 4.18. The number of anilines is 2. The lowest BCUT2D eigenvalue weighted by Crippen LogP contribution is -1.96. The standard InChI is InChI=1S/C20H15BrClN3S/c1-11-3-8-15(9-16(11)21)25-19-18-17(13-4-6-14(22)7-5-13)12(2)26-20(18)24-10-23-19/h3-10H,1-2H3,(H,23,24,25). The van der Waals surface area contributed by atoms with Gasteiger partial charge in [0.05, 0.1) is 5.39 Å². The third kappa shape index (κ3) is 3.22. The molecule has 0 spiro atoms. The lowest BCUT2D eigenvalue weighted by Gasteiger charge is -2.10.